The molecule has 5 nitrogen and oxygen atoms in total. The third kappa shape index (κ3) is 8.03. The van der Waals surface area contributed by atoms with Crippen LogP contribution in [0.3, 0.4) is 0 Å². The number of carbonyl (C=O) groups excluding carboxylic acids is 2. The molecule has 3 rings (SSSR count). The lowest BCUT2D eigenvalue weighted by molar-refractivity contribution is -0.274. The number of esters is 1. The minimum Gasteiger partial charge on any atom is -0.456 e. The van der Waals surface area contributed by atoms with Crippen molar-refractivity contribution in [3.63, 3.8) is 0 Å². The third-order valence-corrected chi connectivity index (χ3v) is 4.53. The summed E-state index contributed by atoms with van der Waals surface area (Å²) in [5, 5.41) is 2.76. The van der Waals surface area contributed by atoms with Crippen LogP contribution in [0.5, 0.6) is 5.75 Å². The van der Waals surface area contributed by atoms with E-state index in [2.05, 4.69) is 10.1 Å². The molecule has 0 radical (unpaired) electrons. The van der Waals surface area contributed by atoms with Crippen molar-refractivity contribution in [2.24, 2.45) is 0 Å². The molecule has 0 heterocycles. The smallest absolute Gasteiger partial charge is 0.456 e. The van der Waals surface area contributed by atoms with Gasteiger partial charge in [0.05, 0.1) is 11.3 Å². The van der Waals surface area contributed by atoms with E-state index in [9.17, 15) is 22.8 Å². The van der Waals surface area contributed by atoms with Crippen molar-refractivity contribution in [2.45, 2.75) is 32.7 Å². The quantitative estimate of drug-likeness (QED) is 0.304. The Balaban J connectivity index is 1.86. The summed E-state index contributed by atoms with van der Waals surface area (Å²) in [4.78, 5) is 25.5. The maximum Gasteiger partial charge on any atom is 0.573 e. The van der Waals surface area contributed by atoms with E-state index < -0.39 is 23.8 Å². The fourth-order valence-corrected chi connectivity index (χ4v) is 3.04. The van der Waals surface area contributed by atoms with Crippen molar-refractivity contribution in [2.75, 3.05) is 5.32 Å². The zero-order chi connectivity index (χ0) is 25.6. The number of ether oxygens (including phenoxy) is 2. The van der Waals surface area contributed by atoms with Crippen LogP contribution in [0.1, 0.15) is 52.6 Å². The number of rotatable bonds is 6. The standard InChI is InChI=1S/C27H24F3NO4/c1-26(2,3)35-25(33)22-16-13-19(17-23(22)31-24(32)20-7-5-4-6-8-20)10-9-18-11-14-21(15-12-18)34-27(28,29)30/h4-17H,1-3H3,(H,31,32)/b10-9+. The van der Waals surface area contributed by atoms with Gasteiger partial charge in [-0.25, -0.2) is 4.79 Å². The second-order valence-electron chi connectivity index (χ2n) is 8.58. The van der Waals surface area contributed by atoms with Gasteiger partial charge in [0.15, 0.2) is 0 Å². The minimum absolute atomic E-state index is 0.190. The highest BCUT2D eigenvalue weighted by molar-refractivity contribution is 6.08. The molecule has 35 heavy (non-hydrogen) atoms. The van der Waals surface area contributed by atoms with Gasteiger partial charge in [-0.3, -0.25) is 4.79 Å². The van der Waals surface area contributed by atoms with E-state index in [-0.39, 0.29) is 17.0 Å². The van der Waals surface area contributed by atoms with E-state index in [1.165, 1.54) is 24.3 Å². The number of nitrogens with one attached hydrogen (secondary N) is 1. The SMILES string of the molecule is CC(C)(C)OC(=O)c1ccc(/C=C/c2ccc(OC(F)(F)F)cc2)cc1NC(=O)c1ccccc1. The van der Waals surface area contributed by atoms with Crippen molar-refractivity contribution in [3.05, 3.63) is 95.1 Å². The molecule has 0 fully saturated rings. The van der Waals surface area contributed by atoms with Crippen LogP contribution in [-0.4, -0.2) is 23.8 Å². The molecule has 0 unspecified atom stereocenters. The number of halogens is 3. The summed E-state index contributed by atoms with van der Waals surface area (Å²) in [6.45, 7) is 5.24. The van der Waals surface area contributed by atoms with Gasteiger partial charge in [-0.05, 0) is 68.3 Å². The van der Waals surface area contributed by atoms with E-state index in [1.54, 1.807) is 81.5 Å². The van der Waals surface area contributed by atoms with Crippen molar-refractivity contribution in [1.82, 2.24) is 0 Å². The van der Waals surface area contributed by atoms with Gasteiger partial charge in [-0.2, -0.15) is 0 Å². The molecule has 0 aliphatic heterocycles. The molecular formula is C27H24F3NO4. The molecule has 1 N–H and O–H groups in total. The Hall–Kier alpha value is -4.07. The van der Waals surface area contributed by atoms with Crippen LogP contribution in [0.2, 0.25) is 0 Å². The predicted molar refractivity (Wildman–Crippen MR) is 128 cm³/mol. The lowest BCUT2D eigenvalue weighted by atomic mass is 10.1. The first kappa shape index (κ1) is 25.6. The highest BCUT2D eigenvalue weighted by Gasteiger charge is 2.30. The molecule has 182 valence electrons. The van der Waals surface area contributed by atoms with Crippen LogP contribution in [0.15, 0.2) is 72.8 Å². The molecule has 0 aromatic heterocycles. The summed E-state index contributed by atoms with van der Waals surface area (Å²) in [5.74, 6) is -1.30. The van der Waals surface area contributed by atoms with E-state index in [1.807, 2.05) is 0 Å². The number of amides is 1. The van der Waals surface area contributed by atoms with Crippen LogP contribution in [-0.2, 0) is 4.74 Å². The van der Waals surface area contributed by atoms with Crippen molar-refractivity contribution in [1.29, 1.82) is 0 Å². The van der Waals surface area contributed by atoms with E-state index in [4.69, 9.17) is 4.74 Å². The van der Waals surface area contributed by atoms with Crippen LogP contribution in [0, 0.1) is 0 Å². The average Bonchev–Trinajstić information content (AvgIpc) is 2.77. The normalized spacial score (nSPS) is 11.8. The largest absolute Gasteiger partial charge is 0.573 e. The average molecular weight is 483 g/mol. The second-order valence-corrected chi connectivity index (χ2v) is 8.58. The van der Waals surface area contributed by atoms with Gasteiger partial charge in [0.2, 0.25) is 0 Å². The van der Waals surface area contributed by atoms with Gasteiger partial charge in [0.1, 0.15) is 11.4 Å². The molecule has 0 saturated heterocycles. The zero-order valence-corrected chi connectivity index (χ0v) is 19.3. The Morgan fingerprint density at radius 3 is 2.03 bits per heavy atom. The first-order valence-corrected chi connectivity index (χ1v) is 10.7. The Labute approximate surface area is 201 Å². The second kappa shape index (κ2) is 10.5. The van der Waals surface area contributed by atoms with Gasteiger partial charge in [0.25, 0.3) is 5.91 Å². The molecule has 0 atom stereocenters. The number of carbonyl (C=O) groups is 2. The first-order chi connectivity index (χ1) is 16.4. The van der Waals surface area contributed by atoms with Crippen LogP contribution in [0.25, 0.3) is 12.2 Å². The predicted octanol–water partition coefficient (Wildman–Crippen LogP) is 6.96. The molecule has 3 aromatic rings. The van der Waals surface area contributed by atoms with Crippen molar-refractivity contribution >= 4 is 29.7 Å². The topological polar surface area (TPSA) is 64.6 Å². The minimum atomic E-state index is -4.76. The monoisotopic (exact) mass is 483 g/mol. The number of anilines is 1. The fourth-order valence-electron chi connectivity index (χ4n) is 3.04. The number of hydrogen-bond acceptors (Lipinski definition) is 4. The zero-order valence-electron chi connectivity index (χ0n) is 19.3. The van der Waals surface area contributed by atoms with Crippen LogP contribution >= 0.6 is 0 Å². The Kier molecular flexibility index (Phi) is 7.64. The first-order valence-electron chi connectivity index (χ1n) is 10.7. The Bertz CT molecular complexity index is 1210. The molecule has 0 aliphatic rings. The summed E-state index contributed by atoms with van der Waals surface area (Å²) in [7, 11) is 0. The summed E-state index contributed by atoms with van der Waals surface area (Å²) in [5.41, 5.74) is 1.43. The van der Waals surface area contributed by atoms with Gasteiger partial charge in [-0.15, -0.1) is 13.2 Å². The number of alkyl halides is 3. The van der Waals surface area contributed by atoms with Gasteiger partial charge in [0, 0.05) is 5.56 Å². The molecule has 0 saturated carbocycles. The maximum absolute atomic E-state index is 12.7. The van der Waals surface area contributed by atoms with E-state index in [0.29, 0.717) is 16.7 Å². The lowest BCUT2D eigenvalue weighted by Crippen LogP contribution is -2.25. The molecule has 0 aliphatic carbocycles. The molecule has 3 aromatic carbocycles. The molecule has 0 spiro atoms. The maximum atomic E-state index is 12.7. The summed E-state index contributed by atoms with van der Waals surface area (Å²) >= 11 is 0. The fraction of sp³-hybridized carbons (Fsp3) is 0.185. The summed E-state index contributed by atoms with van der Waals surface area (Å²) in [6.07, 6.45) is -1.37. The highest BCUT2D eigenvalue weighted by Crippen LogP contribution is 2.25. The molecule has 8 heteroatoms. The van der Waals surface area contributed by atoms with Gasteiger partial charge >= 0.3 is 12.3 Å². The molecule has 0 bridgehead atoms. The number of benzene rings is 3. The third-order valence-electron chi connectivity index (χ3n) is 4.53. The van der Waals surface area contributed by atoms with E-state index in [0.717, 1.165) is 0 Å². The highest BCUT2D eigenvalue weighted by atomic mass is 19.4. The Morgan fingerprint density at radius 2 is 1.43 bits per heavy atom. The van der Waals surface area contributed by atoms with Gasteiger partial charge in [-0.1, -0.05) is 48.6 Å². The number of hydrogen-bond donors (Lipinski definition) is 1. The lowest BCUT2D eigenvalue weighted by Gasteiger charge is -2.21. The summed E-state index contributed by atoms with van der Waals surface area (Å²) < 4.78 is 46.3. The van der Waals surface area contributed by atoms with Crippen LogP contribution in [0.4, 0.5) is 18.9 Å². The molecule has 1 amide bonds. The summed E-state index contributed by atoms with van der Waals surface area (Å²) in [6, 6.07) is 18.8. The van der Waals surface area contributed by atoms with Crippen LogP contribution < -0.4 is 10.1 Å². The van der Waals surface area contributed by atoms with Gasteiger partial charge < -0.3 is 14.8 Å². The van der Waals surface area contributed by atoms with Crippen molar-refractivity contribution < 1.29 is 32.2 Å². The molecular weight excluding hydrogens is 459 g/mol. The van der Waals surface area contributed by atoms with Crippen molar-refractivity contribution in [3.8, 4) is 5.75 Å². The van der Waals surface area contributed by atoms with E-state index >= 15 is 0 Å². The Morgan fingerprint density at radius 1 is 0.829 bits per heavy atom.